The van der Waals surface area contributed by atoms with Crippen LogP contribution in [-0.2, 0) is 13.0 Å². The zero-order valence-corrected chi connectivity index (χ0v) is 16.9. The number of ether oxygens (including phenoxy) is 1. The second kappa shape index (κ2) is 6.77. The van der Waals surface area contributed by atoms with Gasteiger partial charge in [-0.15, -0.1) is 0 Å². The summed E-state index contributed by atoms with van der Waals surface area (Å²) >= 11 is 0. The standard InChI is InChI=1S/C25H27NO/c1-6-21-17(3)25-24(14-23(21)18-9-7-16(2)8-10-18)22-12-11-20(27-5)13-19(22)15-26(25)4/h7-14H,6,15H2,1-5H3. The van der Waals surface area contributed by atoms with E-state index < -0.39 is 0 Å². The minimum Gasteiger partial charge on any atom is -0.497 e. The van der Waals surface area contributed by atoms with Gasteiger partial charge in [-0.05, 0) is 71.8 Å². The van der Waals surface area contributed by atoms with Gasteiger partial charge in [0, 0.05) is 24.8 Å². The number of methoxy groups -OCH3 is 1. The van der Waals surface area contributed by atoms with Crippen LogP contribution in [0, 0.1) is 13.8 Å². The lowest BCUT2D eigenvalue weighted by molar-refractivity contribution is 0.414. The van der Waals surface area contributed by atoms with Crippen molar-refractivity contribution in [2.75, 3.05) is 19.1 Å². The van der Waals surface area contributed by atoms with Gasteiger partial charge in [-0.2, -0.15) is 0 Å². The summed E-state index contributed by atoms with van der Waals surface area (Å²) in [5, 5.41) is 0. The van der Waals surface area contributed by atoms with E-state index in [2.05, 4.69) is 81.2 Å². The van der Waals surface area contributed by atoms with Crippen LogP contribution < -0.4 is 9.64 Å². The van der Waals surface area contributed by atoms with Crippen LogP contribution in [0.15, 0.2) is 48.5 Å². The first kappa shape index (κ1) is 17.7. The predicted molar refractivity (Wildman–Crippen MR) is 115 cm³/mol. The Bertz CT molecular complexity index is 1000. The quantitative estimate of drug-likeness (QED) is 0.557. The lowest BCUT2D eigenvalue weighted by Crippen LogP contribution is -2.23. The fraction of sp³-hybridized carbons (Fsp3) is 0.280. The number of anilines is 1. The Morgan fingerprint density at radius 3 is 2.33 bits per heavy atom. The van der Waals surface area contributed by atoms with Gasteiger partial charge in [0.15, 0.2) is 0 Å². The zero-order chi connectivity index (χ0) is 19.1. The molecule has 0 saturated carbocycles. The maximum atomic E-state index is 5.45. The van der Waals surface area contributed by atoms with E-state index in [9.17, 15) is 0 Å². The highest BCUT2D eigenvalue weighted by molar-refractivity contribution is 5.91. The fourth-order valence-electron chi connectivity index (χ4n) is 4.42. The number of fused-ring (bicyclic) bond motifs is 3. The molecule has 0 radical (unpaired) electrons. The molecule has 3 aromatic carbocycles. The number of hydrogen-bond acceptors (Lipinski definition) is 2. The molecule has 0 spiro atoms. The van der Waals surface area contributed by atoms with Crippen molar-refractivity contribution in [3.05, 3.63) is 70.8 Å². The first-order valence-electron chi connectivity index (χ1n) is 9.65. The van der Waals surface area contributed by atoms with Crippen LogP contribution in [0.2, 0.25) is 0 Å². The smallest absolute Gasteiger partial charge is 0.119 e. The molecule has 1 aliphatic heterocycles. The molecule has 0 unspecified atom stereocenters. The molecule has 0 amide bonds. The first-order valence-corrected chi connectivity index (χ1v) is 9.65. The van der Waals surface area contributed by atoms with Crippen molar-refractivity contribution < 1.29 is 4.74 Å². The van der Waals surface area contributed by atoms with Crippen molar-refractivity contribution in [2.24, 2.45) is 0 Å². The van der Waals surface area contributed by atoms with Crippen LogP contribution >= 0.6 is 0 Å². The topological polar surface area (TPSA) is 12.5 Å². The van der Waals surface area contributed by atoms with Gasteiger partial charge in [0.05, 0.1) is 7.11 Å². The van der Waals surface area contributed by atoms with Crippen molar-refractivity contribution in [3.63, 3.8) is 0 Å². The molecule has 0 aromatic heterocycles. The summed E-state index contributed by atoms with van der Waals surface area (Å²) in [7, 11) is 3.93. The average molecular weight is 357 g/mol. The highest BCUT2D eigenvalue weighted by atomic mass is 16.5. The van der Waals surface area contributed by atoms with Gasteiger partial charge in [-0.25, -0.2) is 0 Å². The summed E-state index contributed by atoms with van der Waals surface area (Å²) in [5.41, 5.74) is 12.1. The normalized spacial score (nSPS) is 12.6. The molecule has 0 N–H and O–H groups in total. The van der Waals surface area contributed by atoms with E-state index in [0.29, 0.717) is 0 Å². The molecule has 2 heteroatoms. The molecule has 1 heterocycles. The Balaban J connectivity index is 1.99. The molecule has 138 valence electrons. The fourth-order valence-corrected chi connectivity index (χ4v) is 4.42. The largest absolute Gasteiger partial charge is 0.497 e. The van der Waals surface area contributed by atoms with E-state index in [1.807, 2.05) is 0 Å². The molecule has 0 fully saturated rings. The van der Waals surface area contributed by atoms with Crippen LogP contribution in [0.1, 0.15) is 29.2 Å². The molecule has 0 aliphatic carbocycles. The summed E-state index contributed by atoms with van der Waals surface area (Å²) in [6.45, 7) is 7.59. The molecule has 2 nitrogen and oxygen atoms in total. The van der Waals surface area contributed by atoms with Crippen molar-refractivity contribution in [2.45, 2.75) is 33.7 Å². The Morgan fingerprint density at radius 1 is 0.926 bits per heavy atom. The Kier molecular flexibility index (Phi) is 4.43. The minimum absolute atomic E-state index is 0.910. The van der Waals surface area contributed by atoms with Gasteiger partial charge >= 0.3 is 0 Å². The summed E-state index contributed by atoms with van der Waals surface area (Å²) in [4.78, 5) is 2.38. The van der Waals surface area contributed by atoms with Crippen LogP contribution in [0.5, 0.6) is 5.75 Å². The Hall–Kier alpha value is -2.74. The van der Waals surface area contributed by atoms with Crippen LogP contribution in [0.3, 0.4) is 0 Å². The molecule has 0 bridgehead atoms. The minimum atomic E-state index is 0.910. The number of hydrogen-bond donors (Lipinski definition) is 0. The Morgan fingerprint density at radius 2 is 1.67 bits per heavy atom. The first-order chi connectivity index (χ1) is 13.0. The lowest BCUT2D eigenvalue weighted by Gasteiger charge is -2.33. The molecule has 4 rings (SSSR count). The molecular formula is C25H27NO. The third-order valence-corrected chi connectivity index (χ3v) is 5.78. The molecular weight excluding hydrogens is 330 g/mol. The van der Waals surface area contributed by atoms with E-state index in [1.165, 1.54) is 50.2 Å². The maximum absolute atomic E-state index is 5.45. The van der Waals surface area contributed by atoms with E-state index >= 15 is 0 Å². The van der Waals surface area contributed by atoms with Crippen molar-refractivity contribution >= 4 is 5.69 Å². The third kappa shape index (κ3) is 2.90. The molecule has 0 atom stereocenters. The van der Waals surface area contributed by atoms with E-state index in [0.717, 1.165) is 18.7 Å². The summed E-state index contributed by atoms with van der Waals surface area (Å²) in [5.74, 6) is 0.922. The lowest BCUT2D eigenvalue weighted by atomic mass is 9.84. The van der Waals surface area contributed by atoms with E-state index in [4.69, 9.17) is 4.74 Å². The van der Waals surface area contributed by atoms with Gasteiger partial charge in [0.1, 0.15) is 5.75 Å². The van der Waals surface area contributed by atoms with Crippen LogP contribution in [0.4, 0.5) is 5.69 Å². The van der Waals surface area contributed by atoms with Crippen LogP contribution in [0.25, 0.3) is 22.3 Å². The second-order valence-corrected chi connectivity index (χ2v) is 7.52. The predicted octanol–water partition coefficient (Wildman–Crippen LogP) is 6.16. The number of aryl methyl sites for hydroxylation is 1. The van der Waals surface area contributed by atoms with E-state index in [1.54, 1.807) is 7.11 Å². The molecule has 3 aromatic rings. The summed E-state index contributed by atoms with van der Waals surface area (Å²) in [6.07, 6.45) is 1.03. The molecule has 27 heavy (non-hydrogen) atoms. The highest BCUT2D eigenvalue weighted by Gasteiger charge is 2.25. The van der Waals surface area contributed by atoms with Crippen molar-refractivity contribution in [3.8, 4) is 28.0 Å². The number of benzene rings is 3. The maximum Gasteiger partial charge on any atom is 0.119 e. The second-order valence-electron chi connectivity index (χ2n) is 7.52. The third-order valence-electron chi connectivity index (χ3n) is 5.78. The summed E-state index contributed by atoms with van der Waals surface area (Å²) < 4.78 is 5.45. The number of rotatable bonds is 3. The molecule has 0 saturated heterocycles. The number of nitrogens with zero attached hydrogens (tertiary/aromatic N) is 1. The van der Waals surface area contributed by atoms with Gasteiger partial charge in [0.2, 0.25) is 0 Å². The van der Waals surface area contributed by atoms with Crippen molar-refractivity contribution in [1.82, 2.24) is 0 Å². The van der Waals surface area contributed by atoms with Gasteiger partial charge in [-0.3, -0.25) is 0 Å². The molecule has 1 aliphatic rings. The zero-order valence-electron chi connectivity index (χ0n) is 16.9. The van der Waals surface area contributed by atoms with Crippen LogP contribution in [-0.4, -0.2) is 14.2 Å². The Labute approximate surface area is 162 Å². The van der Waals surface area contributed by atoms with Gasteiger partial charge < -0.3 is 9.64 Å². The summed E-state index contributed by atoms with van der Waals surface area (Å²) in [6, 6.07) is 17.7. The van der Waals surface area contributed by atoms with Crippen molar-refractivity contribution in [1.29, 1.82) is 0 Å². The van der Waals surface area contributed by atoms with E-state index in [-0.39, 0.29) is 0 Å². The average Bonchev–Trinajstić information content (AvgIpc) is 2.67. The monoisotopic (exact) mass is 357 g/mol. The van der Waals surface area contributed by atoms with Gasteiger partial charge in [0.25, 0.3) is 0 Å². The highest BCUT2D eigenvalue weighted by Crippen LogP contribution is 2.45. The SMILES string of the molecule is CCc1c(-c2ccc(C)cc2)cc2c(c1C)N(C)Cc1cc(OC)ccc1-2. The van der Waals surface area contributed by atoms with Gasteiger partial charge in [-0.1, -0.05) is 42.8 Å².